The highest BCUT2D eigenvalue weighted by molar-refractivity contribution is 9.10. The van der Waals surface area contributed by atoms with Gasteiger partial charge in [0.05, 0.1) is 0 Å². The van der Waals surface area contributed by atoms with Gasteiger partial charge >= 0.3 is 0 Å². The van der Waals surface area contributed by atoms with Gasteiger partial charge in [0.15, 0.2) is 0 Å². The Morgan fingerprint density at radius 1 is 1.30 bits per heavy atom. The van der Waals surface area contributed by atoms with Gasteiger partial charge in [-0.1, -0.05) is 24.3 Å². The molecule has 2 aromatic rings. The lowest BCUT2D eigenvalue weighted by Gasteiger charge is -2.08. The molecule has 0 spiro atoms. The van der Waals surface area contributed by atoms with Crippen LogP contribution in [0.4, 0.5) is 0 Å². The second kappa shape index (κ2) is 6.72. The van der Waals surface area contributed by atoms with Crippen LogP contribution in [0.5, 0.6) is 0 Å². The Labute approximate surface area is 127 Å². The molecule has 1 aromatic carbocycles. The van der Waals surface area contributed by atoms with E-state index in [1.165, 1.54) is 0 Å². The molecule has 4 nitrogen and oxygen atoms in total. The molecule has 0 aliphatic rings. The summed E-state index contributed by atoms with van der Waals surface area (Å²) in [6.45, 7) is 3.81. The molecule has 1 amide bonds. The summed E-state index contributed by atoms with van der Waals surface area (Å²) in [7, 11) is 0. The molecular weight excluding hydrogens is 318 g/mol. The van der Waals surface area contributed by atoms with Crippen LogP contribution in [0.15, 0.2) is 41.0 Å². The maximum absolute atomic E-state index is 12.2. The summed E-state index contributed by atoms with van der Waals surface area (Å²) < 4.78 is 2.83. The number of nitrogens with zero attached hydrogens (tertiary/aromatic N) is 1. The van der Waals surface area contributed by atoms with Crippen LogP contribution in [0.1, 0.15) is 28.5 Å². The van der Waals surface area contributed by atoms with Gasteiger partial charge in [-0.2, -0.15) is 0 Å². The summed E-state index contributed by atoms with van der Waals surface area (Å²) >= 11 is 3.39. The Morgan fingerprint density at radius 3 is 2.55 bits per heavy atom. The molecule has 106 valence electrons. The summed E-state index contributed by atoms with van der Waals surface area (Å²) in [5.41, 5.74) is 8.37. The van der Waals surface area contributed by atoms with Crippen molar-refractivity contribution in [1.82, 2.24) is 9.88 Å². The van der Waals surface area contributed by atoms with Crippen LogP contribution in [0.25, 0.3) is 0 Å². The van der Waals surface area contributed by atoms with Crippen molar-refractivity contribution >= 4 is 21.8 Å². The first-order valence-electron chi connectivity index (χ1n) is 6.55. The summed E-state index contributed by atoms with van der Waals surface area (Å²) in [5, 5.41) is 2.93. The predicted octanol–water partition coefficient (Wildman–Crippen LogP) is 2.66. The Kier molecular flexibility index (Phi) is 4.98. The number of halogens is 1. The van der Waals surface area contributed by atoms with Crippen molar-refractivity contribution in [3.05, 3.63) is 57.8 Å². The molecule has 0 radical (unpaired) electrons. The summed E-state index contributed by atoms with van der Waals surface area (Å²) in [6, 6.07) is 9.75. The van der Waals surface area contributed by atoms with Gasteiger partial charge in [0.25, 0.3) is 5.91 Å². The lowest BCUT2D eigenvalue weighted by molar-refractivity contribution is 0.0941. The van der Waals surface area contributed by atoms with E-state index in [4.69, 9.17) is 5.73 Å². The molecule has 0 bridgehead atoms. The van der Waals surface area contributed by atoms with Crippen LogP contribution < -0.4 is 11.1 Å². The van der Waals surface area contributed by atoms with E-state index in [0.717, 1.165) is 22.1 Å². The Balaban J connectivity index is 2.00. The number of nitrogens with one attached hydrogen (secondary N) is 1. The zero-order valence-corrected chi connectivity index (χ0v) is 13.0. The van der Waals surface area contributed by atoms with E-state index in [0.29, 0.717) is 18.8 Å². The number of rotatable bonds is 5. The molecule has 2 rings (SSSR count). The van der Waals surface area contributed by atoms with Crippen LogP contribution in [0.2, 0.25) is 0 Å². The van der Waals surface area contributed by atoms with E-state index in [2.05, 4.69) is 21.2 Å². The molecule has 20 heavy (non-hydrogen) atoms. The highest BCUT2D eigenvalue weighted by Crippen LogP contribution is 2.15. The van der Waals surface area contributed by atoms with Crippen LogP contribution in [-0.2, 0) is 19.6 Å². The van der Waals surface area contributed by atoms with Gasteiger partial charge in [0, 0.05) is 30.3 Å². The minimum Gasteiger partial charge on any atom is -0.347 e. The monoisotopic (exact) mass is 335 g/mol. The number of hydrogen-bond donors (Lipinski definition) is 2. The van der Waals surface area contributed by atoms with E-state index < -0.39 is 0 Å². The second-order valence-corrected chi connectivity index (χ2v) is 5.45. The number of hydrogen-bond acceptors (Lipinski definition) is 2. The first-order valence-corrected chi connectivity index (χ1v) is 7.35. The number of aryl methyl sites for hydroxylation is 1. The van der Waals surface area contributed by atoms with Crippen molar-refractivity contribution in [1.29, 1.82) is 0 Å². The largest absolute Gasteiger partial charge is 0.347 e. The highest BCUT2D eigenvalue weighted by atomic mass is 79.9. The van der Waals surface area contributed by atoms with Gasteiger partial charge in [-0.3, -0.25) is 4.79 Å². The van der Waals surface area contributed by atoms with Crippen molar-refractivity contribution in [2.24, 2.45) is 5.73 Å². The Hall–Kier alpha value is -1.59. The summed E-state index contributed by atoms with van der Waals surface area (Å²) in [6.07, 6.45) is 1.91. The average molecular weight is 336 g/mol. The van der Waals surface area contributed by atoms with Crippen molar-refractivity contribution in [3.8, 4) is 0 Å². The smallest absolute Gasteiger partial charge is 0.268 e. The van der Waals surface area contributed by atoms with Crippen molar-refractivity contribution in [2.45, 2.75) is 26.6 Å². The Bertz CT molecular complexity index is 590. The fraction of sp³-hybridized carbons (Fsp3) is 0.267. The first-order chi connectivity index (χ1) is 9.63. The van der Waals surface area contributed by atoms with Crippen LogP contribution in [0, 0.1) is 0 Å². The van der Waals surface area contributed by atoms with E-state index in [1.807, 2.05) is 48.0 Å². The minimum atomic E-state index is -0.0690. The van der Waals surface area contributed by atoms with Crippen LogP contribution >= 0.6 is 15.9 Å². The van der Waals surface area contributed by atoms with E-state index in [1.54, 1.807) is 0 Å². The maximum Gasteiger partial charge on any atom is 0.268 e. The highest BCUT2D eigenvalue weighted by Gasteiger charge is 2.11. The zero-order chi connectivity index (χ0) is 14.5. The number of aromatic nitrogens is 1. The van der Waals surface area contributed by atoms with Gasteiger partial charge in [0.1, 0.15) is 5.69 Å². The fourth-order valence-corrected chi connectivity index (χ4v) is 2.46. The quantitative estimate of drug-likeness (QED) is 0.882. The van der Waals surface area contributed by atoms with E-state index in [9.17, 15) is 4.79 Å². The standard InChI is InChI=1S/C15H18BrN3O/c1-2-19-10-13(16)7-14(19)15(20)18-9-12-5-3-11(8-17)4-6-12/h3-7,10H,2,8-9,17H2,1H3,(H,18,20). The predicted molar refractivity (Wildman–Crippen MR) is 83.3 cm³/mol. The first kappa shape index (κ1) is 14.8. The molecule has 3 N–H and O–H groups in total. The number of amides is 1. The van der Waals surface area contributed by atoms with E-state index in [-0.39, 0.29) is 5.91 Å². The third-order valence-electron chi connectivity index (χ3n) is 3.15. The topological polar surface area (TPSA) is 60.0 Å². The maximum atomic E-state index is 12.2. The SMILES string of the molecule is CCn1cc(Br)cc1C(=O)NCc1ccc(CN)cc1. The molecule has 1 heterocycles. The van der Waals surface area contributed by atoms with Gasteiger partial charge in [-0.25, -0.2) is 0 Å². The summed E-state index contributed by atoms with van der Waals surface area (Å²) in [4.78, 5) is 12.2. The molecule has 0 unspecified atom stereocenters. The van der Waals surface area contributed by atoms with E-state index >= 15 is 0 Å². The van der Waals surface area contributed by atoms with Gasteiger partial charge in [0.2, 0.25) is 0 Å². The Morgan fingerprint density at radius 2 is 1.95 bits per heavy atom. The van der Waals surface area contributed by atoms with Crippen LogP contribution in [-0.4, -0.2) is 10.5 Å². The fourth-order valence-electron chi connectivity index (χ4n) is 1.99. The molecule has 0 fully saturated rings. The third kappa shape index (κ3) is 3.49. The summed E-state index contributed by atoms with van der Waals surface area (Å²) in [5.74, 6) is -0.0690. The van der Waals surface area contributed by atoms with Crippen molar-refractivity contribution in [3.63, 3.8) is 0 Å². The third-order valence-corrected chi connectivity index (χ3v) is 3.58. The average Bonchev–Trinajstić information content (AvgIpc) is 2.86. The zero-order valence-electron chi connectivity index (χ0n) is 11.4. The normalized spacial score (nSPS) is 10.6. The van der Waals surface area contributed by atoms with Gasteiger partial charge < -0.3 is 15.6 Å². The van der Waals surface area contributed by atoms with Gasteiger partial charge in [-0.15, -0.1) is 0 Å². The lowest BCUT2D eigenvalue weighted by atomic mass is 10.1. The van der Waals surface area contributed by atoms with Crippen molar-refractivity contribution in [2.75, 3.05) is 0 Å². The number of carbonyl (C=O) groups excluding carboxylic acids is 1. The number of benzene rings is 1. The second-order valence-electron chi connectivity index (χ2n) is 4.53. The molecular formula is C15H18BrN3O. The molecule has 1 aromatic heterocycles. The molecule has 0 saturated heterocycles. The molecule has 0 aliphatic heterocycles. The van der Waals surface area contributed by atoms with Gasteiger partial charge in [-0.05, 0) is 40.0 Å². The molecule has 0 atom stereocenters. The minimum absolute atomic E-state index is 0.0690. The molecule has 0 saturated carbocycles. The molecule has 0 aliphatic carbocycles. The van der Waals surface area contributed by atoms with Crippen LogP contribution in [0.3, 0.4) is 0 Å². The van der Waals surface area contributed by atoms with Crippen molar-refractivity contribution < 1.29 is 4.79 Å². The molecule has 5 heteroatoms. The lowest BCUT2D eigenvalue weighted by Crippen LogP contribution is -2.25. The number of carbonyl (C=O) groups is 1. The number of nitrogens with two attached hydrogens (primary N) is 1.